The van der Waals surface area contributed by atoms with Crippen molar-refractivity contribution in [2.45, 2.75) is 13.3 Å². The van der Waals surface area contributed by atoms with Gasteiger partial charge in [-0.25, -0.2) is 0 Å². The average Bonchev–Trinajstić information content (AvgIpc) is 2.69. The molecule has 1 aromatic carbocycles. The van der Waals surface area contributed by atoms with Gasteiger partial charge in [0.15, 0.2) is 0 Å². The minimum absolute atomic E-state index is 0.0451. The Morgan fingerprint density at radius 1 is 1.07 bits per heavy atom. The molecule has 0 aliphatic carbocycles. The van der Waals surface area contributed by atoms with Crippen molar-refractivity contribution in [2.24, 2.45) is 0 Å². The van der Waals surface area contributed by atoms with Gasteiger partial charge in [0.25, 0.3) is 5.91 Å². The van der Waals surface area contributed by atoms with E-state index in [0.717, 1.165) is 17.7 Å². The molecule has 1 aliphatic heterocycles. The number of nitrogens with zero attached hydrogens (tertiary/aromatic N) is 2. The fraction of sp³-hybridized carbons (Fsp3) is 0.350. The van der Waals surface area contributed by atoms with Gasteiger partial charge in [0.1, 0.15) is 0 Å². The van der Waals surface area contributed by atoms with Crippen LogP contribution in [0.3, 0.4) is 0 Å². The van der Waals surface area contributed by atoms with Gasteiger partial charge in [0.2, 0.25) is 11.5 Å². The number of benzene rings is 1. The normalized spacial score (nSPS) is 14.8. The van der Waals surface area contributed by atoms with E-state index in [2.05, 4.69) is 17.2 Å². The first kappa shape index (κ1) is 18.8. The largest absolute Gasteiger partial charge is 0.336 e. The highest BCUT2D eigenvalue weighted by Crippen LogP contribution is 2.15. The number of rotatable bonds is 5. The molecular formula is C20H24N4O3. The maximum absolute atomic E-state index is 12.5. The lowest BCUT2D eigenvalue weighted by atomic mass is 10.1. The Bertz CT molecular complexity index is 849. The summed E-state index contributed by atoms with van der Waals surface area (Å²) < 4.78 is 0. The predicted molar refractivity (Wildman–Crippen MR) is 104 cm³/mol. The summed E-state index contributed by atoms with van der Waals surface area (Å²) in [5.74, 6) is -0.150. The van der Waals surface area contributed by atoms with E-state index in [0.29, 0.717) is 38.3 Å². The number of aromatic amines is 1. The summed E-state index contributed by atoms with van der Waals surface area (Å²) in [6.45, 7) is 4.74. The second-order valence-corrected chi connectivity index (χ2v) is 6.57. The molecule has 2 aromatic rings. The minimum atomic E-state index is -0.230. The summed E-state index contributed by atoms with van der Waals surface area (Å²) >= 11 is 0. The summed E-state index contributed by atoms with van der Waals surface area (Å²) in [5, 5.41) is 2.98. The quantitative estimate of drug-likeness (QED) is 0.834. The molecule has 27 heavy (non-hydrogen) atoms. The van der Waals surface area contributed by atoms with Gasteiger partial charge >= 0.3 is 0 Å². The minimum Gasteiger partial charge on any atom is -0.336 e. The van der Waals surface area contributed by atoms with Crippen LogP contribution in [0.1, 0.15) is 22.8 Å². The zero-order chi connectivity index (χ0) is 19.2. The molecule has 2 N–H and O–H groups in total. The van der Waals surface area contributed by atoms with E-state index in [1.807, 2.05) is 29.2 Å². The van der Waals surface area contributed by atoms with E-state index >= 15 is 0 Å². The second kappa shape index (κ2) is 8.64. The summed E-state index contributed by atoms with van der Waals surface area (Å²) in [5.41, 5.74) is 2.21. The number of amides is 2. The number of carbonyl (C=O) groups is 2. The van der Waals surface area contributed by atoms with Crippen LogP contribution < -0.4 is 10.9 Å². The van der Waals surface area contributed by atoms with Crippen molar-refractivity contribution in [1.29, 1.82) is 0 Å². The molecule has 0 saturated carbocycles. The second-order valence-electron chi connectivity index (χ2n) is 6.57. The van der Waals surface area contributed by atoms with Crippen molar-refractivity contribution >= 4 is 17.5 Å². The molecule has 1 fully saturated rings. The maximum Gasteiger partial charge on any atom is 0.255 e. The Balaban J connectivity index is 1.50. The van der Waals surface area contributed by atoms with Crippen LogP contribution in [0.15, 0.2) is 47.4 Å². The third kappa shape index (κ3) is 4.83. The fourth-order valence-corrected chi connectivity index (χ4v) is 3.18. The third-order valence-corrected chi connectivity index (χ3v) is 4.73. The molecule has 0 unspecified atom stereocenters. The van der Waals surface area contributed by atoms with Crippen LogP contribution in [0.4, 0.5) is 5.69 Å². The van der Waals surface area contributed by atoms with E-state index in [1.165, 1.54) is 18.3 Å². The van der Waals surface area contributed by atoms with Gasteiger partial charge in [0, 0.05) is 44.1 Å². The molecule has 1 aliphatic rings. The first-order valence-electron chi connectivity index (χ1n) is 9.15. The van der Waals surface area contributed by atoms with E-state index in [1.54, 1.807) is 4.90 Å². The zero-order valence-electron chi connectivity index (χ0n) is 15.4. The Hall–Kier alpha value is -2.93. The maximum atomic E-state index is 12.5. The summed E-state index contributed by atoms with van der Waals surface area (Å²) in [7, 11) is 0. The number of H-pyrrole nitrogens is 1. The number of carbonyl (C=O) groups excluding carboxylic acids is 2. The lowest BCUT2D eigenvalue weighted by Gasteiger charge is -2.34. The number of pyridine rings is 1. The van der Waals surface area contributed by atoms with Gasteiger partial charge in [-0.3, -0.25) is 19.3 Å². The Morgan fingerprint density at radius 3 is 2.48 bits per heavy atom. The lowest BCUT2D eigenvalue weighted by molar-refractivity contribution is -0.117. The van der Waals surface area contributed by atoms with E-state index in [9.17, 15) is 14.4 Å². The number of hydrogen-bond donors (Lipinski definition) is 2. The lowest BCUT2D eigenvalue weighted by Crippen LogP contribution is -2.50. The number of piperazine rings is 1. The first-order valence-corrected chi connectivity index (χ1v) is 9.15. The Morgan fingerprint density at radius 2 is 1.81 bits per heavy atom. The Labute approximate surface area is 158 Å². The van der Waals surface area contributed by atoms with Gasteiger partial charge in [-0.15, -0.1) is 0 Å². The molecule has 0 bridgehead atoms. The van der Waals surface area contributed by atoms with Crippen LogP contribution in [0.5, 0.6) is 0 Å². The van der Waals surface area contributed by atoms with Crippen molar-refractivity contribution in [2.75, 3.05) is 38.0 Å². The van der Waals surface area contributed by atoms with E-state index in [-0.39, 0.29) is 17.4 Å². The fourth-order valence-electron chi connectivity index (χ4n) is 3.18. The van der Waals surface area contributed by atoms with Gasteiger partial charge in [-0.05, 0) is 24.1 Å². The molecule has 7 nitrogen and oxygen atoms in total. The van der Waals surface area contributed by atoms with Crippen LogP contribution in [0.25, 0.3) is 0 Å². The van der Waals surface area contributed by atoms with Crippen LogP contribution in [0, 0.1) is 0 Å². The first-order chi connectivity index (χ1) is 13.1. The molecule has 0 radical (unpaired) electrons. The SMILES string of the molecule is CCc1ccccc1NC(=O)CN1CCN(C(=O)c2ccc(=O)[nH]c2)CC1. The van der Waals surface area contributed by atoms with Crippen LogP contribution in [-0.4, -0.2) is 59.3 Å². The standard InChI is InChI=1S/C20H24N4O3/c1-2-15-5-3-4-6-17(15)22-19(26)14-23-9-11-24(12-10-23)20(27)16-7-8-18(25)21-13-16/h3-8,13H,2,9-12,14H2,1H3,(H,21,25)(H,22,26). The molecule has 7 heteroatoms. The van der Waals surface area contributed by atoms with Crippen LogP contribution in [0.2, 0.25) is 0 Å². The van der Waals surface area contributed by atoms with Crippen molar-refractivity contribution < 1.29 is 9.59 Å². The molecule has 0 spiro atoms. The average molecular weight is 368 g/mol. The van der Waals surface area contributed by atoms with E-state index in [4.69, 9.17) is 0 Å². The van der Waals surface area contributed by atoms with Crippen LogP contribution >= 0.6 is 0 Å². The smallest absolute Gasteiger partial charge is 0.255 e. The monoisotopic (exact) mass is 368 g/mol. The number of anilines is 1. The number of aryl methyl sites for hydroxylation is 1. The number of aromatic nitrogens is 1. The molecule has 142 valence electrons. The summed E-state index contributed by atoms with van der Waals surface area (Å²) in [6, 6.07) is 10.7. The van der Waals surface area contributed by atoms with Crippen molar-refractivity contribution in [1.82, 2.24) is 14.8 Å². The predicted octanol–water partition coefficient (Wildman–Crippen LogP) is 1.33. The Kier molecular flexibility index (Phi) is 6.03. The highest BCUT2D eigenvalue weighted by atomic mass is 16.2. The van der Waals surface area contributed by atoms with Crippen molar-refractivity contribution in [3.05, 3.63) is 64.1 Å². The van der Waals surface area contributed by atoms with E-state index < -0.39 is 0 Å². The molecule has 0 atom stereocenters. The molecular weight excluding hydrogens is 344 g/mol. The van der Waals surface area contributed by atoms with Crippen LogP contribution in [-0.2, 0) is 11.2 Å². The topological polar surface area (TPSA) is 85.5 Å². The summed E-state index contributed by atoms with van der Waals surface area (Å²) in [6.07, 6.45) is 2.30. The highest BCUT2D eigenvalue weighted by Gasteiger charge is 2.23. The molecule has 2 heterocycles. The van der Waals surface area contributed by atoms with Gasteiger partial charge in [-0.1, -0.05) is 25.1 Å². The molecule has 2 amide bonds. The van der Waals surface area contributed by atoms with Gasteiger partial charge in [-0.2, -0.15) is 0 Å². The summed E-state index contributed by atoms with van der Waals surface area (Å²) in [4.78, 5) is 42.2. The number of hydrogen-bond acceptors (Lipinski definition) is 4. The number of para-hydroxylation sites is 1. The van der Waals surface area contributed by atoms with Crippen molar-refractivity contribution in [3.8, 4) is 0 Å². The molecule has 1 aromatic heterocycles. The highest BCUT2D eigenvalue weighted by molar-refractivity contribution is 5.94. The van der Waals surface area contributed by atoms with Gasteiger partial charge < -0.3 is 15.2 Å². The third-order valence-electron chi connectivity index (χ3n) is 4.73. The molecule has 1 saturated heterocycles. The van der Waals surface area contributed by atoms with Crippen molar-refractivity contribution in [3.63, 3.8) is 0 Å². The number of nitrogens with one attached hydrogen (secondary N) is 2. The molecule has 3 rings (SSSR count). The van der Waals surface area contributed by atoms with Gasteiger partial charge in [0.05, 0.1) is 12.1 Å². The zero-order valence-corrected chi connectivity index (χ0v) is 15.4.